The molecule has 0 unspecified atom stereocenters. The highest BCUT2D eigenvalue weighted by molar-refractivity contribution is 6.31. The van der Waals surface area contributed by atoms with Crippen molar-refractivity contribution in [3.8, 4) is 0 Å². The van der Waals surface area contributed by atoms with Crippen LogP contribution >= 0.6 is 11.6 Å². The molecule has 4 fully saturated rings. The molecule has 5 aliphatic rings. The predicted molar refractivity (Wildman–Crippen MR) is 383 cm³/mol. The van der Waals surface area contributed by atoms with Crippen molar-refractivity contribution in [3.05, 3.63) is 81.9 Å². The highest BCUT2D eigenvalue weighted by Gasteiger charge is 2.52. The number of amides is 12. The van der Waals surface area contributed by atoms with Crippen LogP contribution in [0.5, 0.6) is 0 Å². The number of ether oxygens (including phenoxy) is 1. The number of benzene rings is 2. The number of aryl methyl sites for hydroxylation is 2. The summed E-state index contributed by atoms with van der Waals surface area (Å²) in [6, 6.07) is -0.215. The zero-order valence-corrected chi connectivity index (χ0v) is 63.4. The van der Waals surface area contributed by atoms with E-state index >= 15 is 28.8 Å². The molecule has 2 saturated heterocycles. The number of nitrogens with zero attached hydrogens (tertiary/aromatic N) is 9. The molecule has 574 valence electrons. The second-order valence-corrected chi connectivity index (χ2v) is 30.1. The van der Waals surface area contributed by atoms with Crippen molar-refractivity contribution in [2.75, 3.05) is 95.8 Å². The number of halogens is 4. The number of carbonyl (C=O) groups excluding carboxylic acids is 12. The predicted octanol–water partition coefficient (Wildman–Crippen LogP) is 5.40. The highest BCUT2D eigenvalue weighted by atomic mass is 35.5. The monoisotopic (exact) mass is 1480 g/mol. The summed E-state index contributed by atoms with van der Waals surface area (Å²) in [4.78, 5) is 192. The summed E-state index contributed by atoms with van der Waals surface area (Å²) >= 11 is 6.18. The quantitative estimate of drug-likeness (QED) is 0.238. The second-order valence-electron chi connectivity index (χ2n) is 29.7. The lowest BCUT2D eigenvalue weighted by Crippen LogP contribution is -2.65. The molecule has 104 heavy (non-hydrogen) atoms. The Morgan fingerprint density at radius 1 is 0.692 bits per heavy atom. The summed E-state index contributed by atoms with van der Waals surface area (Å²) < 4.78 is 47.9. The van der Waals surface area contributed by atoms with Crippen LogP contribution in [0.25, 0.3) is 0 Å². The molecule has 29 heteroatoms. The van der Waals surface area contributed by atoms with Gasteiger partial charge in [-0.3, -0.25) is 57.5 Å². The van der Waals surface area contributed by atoms with Gasteiger partial charge in [-0.25, -0.2) is 0 Å². The molecule has 2 saturated carbocycles. The zero-order chi connectivity index (χ0) is 76.8. The Balaban J connectivity index is 1.33. The van der Waals surface area contributed by atoms with Gasteiger partial charge in [0.1, 0.15) is 53.9 Å². The van der Waals surface area contributed by atoms with E-state index in [9.17, 15) is 41.9 Å². The first-order valence-corrected chi connectivity index (χ1v) is 36.8. The van der Waals surface area contributed by atoms with Crippen LogP contribution in [0.3, 0.4) is 0 Å². The maximum atomic E-state index is 15.6. The average Bonchev–Trinajstić information content (AvgIpc) is 1.53. The minimum absolute atomic E-state index is 0.00921. The number of likely N-dealkylation sites (N-methyl/N-ethyl adjacent to an activating group) is 7. The Labute approximate surface area is 614 Å². The minimum atomic E-state index is -4.78. The van der Waals surface area contributed by atoms with Crippen molar-refractivity contribution in [2.24, 2.45) is 17.8 Å². The third-order valence-corrected chi connectivity index (χ3v) is 21.8. The molecule has 1 spiro atoms. The van der Waals surface area contributed by atoms with Gasteiger partial charge in [0.25, 0.3) is 0 Å². The van der Waals surface area contributed by atoms with Crippen LogP contribution in [0.15, 0.2) is 54.6 Å². The molecule has 0 aromatic heterocycles. The molecule has 7 rings (SSSR count). The first-order chi connectivity index (χ1) is 49.0. The summed E-state index contributed by atoms with van der Waals surface area (Å²) in [6.45, 7) is 7.49. The molecule has 3 heterocycles. The van der Waals surface area contributed by atoms with E-state index in [0.717, 1.165) is 45.2 Å². The maximum absolute atomic E-state index is 15.6. The van der Waals surface area contributed by atoms with Gasteiger partial charge in [0.2, 0.25) is 70.9 Å². The zero-order valence-electron chi connectivity index (χ0n) is 62.7. The summed E-state index contributed by atoms with van der Waals surface area (Å²) in [7, 11) is 11.3. The van der Waals surface area contributed by atoms with Crippen LogP contribution in [0.4, 0.5) is 13.2 Å². The molecule has 2 aliphatic carbocycles. The van der Waals surface area contributed by atoms with E-state index in [1.165, 1.54) is 91.8 Å². The lowest BCUT2D eigenvalue weighted by molar-refractivity contribution is -0.156. The first-order valence-electron chi connectivity index (χ1n) is 36.4. The number of nitrogens with one attached hydrogen (secondary N) is 3. The van der Waals surface area contributed by atoms with Gasteiger partial charge >= 0.3 is 6.18 Å². The van der Waals surface area contributed by atoms with E-state index in [1.807, 2.05) is 39.8 Å². The number of carbonyl (C=O) groups is 12. The summed E-state index contributed by atoms with van der Waals surface area (Å²) in [5, 5.41) is 8.12. The van der Waals surface area contributed by atoms with Crippen LogP contribution in [0.2, 0.25) is 5.02 Å². The molecule has 2 aromatic rings. The van der Waals surface area contributed by atoms with Gasteiger partial charge < -0.3 is 64.8 Å². The number of rotatable bonds is 11. The Hall–Kier alpha value is -8.14. The molecule has 3 N–H and O–H groups in total. The third-order valence-electron chi connectivity index (χ3n) is 21.5. The highest BCUT2D eigenvalue weighted by Crippen LogP contribution is 2.38. The van der Waals surface area contributed by atoms with Gasteiger partial charge in [0.15, 0.2) is 0 Å². The van der Waals surface area contributed by atoms with Crippen LogP contribution in [-0.4, -0.2) is 265 Å². The fraction of sp³-hybridized carbons (Fsp3) is 0.653. The summed E-state index contributed by atoms with van der Waals surface area (Å²) in [5.74, 6) is -9.56. The van der Waals surface area contributed by atoms with E-state index in [-0.39, 0.29) is 82.7 Å². The van der Waals surface area contributed by atoms with Crippen LogP contribution in [-0.2, 0) is 81.3 Å². The lowest BCUT2D eigenvalue weighted by atomic mass is 9.90. The molecular formula is C75H108ClF3N12O13. The van der Waals surface area contributed by atoms with Gasteiger partial charge in [0.05, 0.1) is 43.3 Å². The summed E-state index contributed by atoms with van der Waals surface area (Å²) in [5.41, 5.74) is -0.875. The fourth-order valence-corrected chi connectivity index (χ4v) is 15.2. The Morgan fingerprint density at radius 2 is 1.34 bits per heavy atom. The average molecular weight is 1480 g/mol. The molecule has 2 aromatic carbocycles. The smallest absolute Gasteiger partial charge is 0.378 e. The number of fused-ring (bicyclic) bond motifs is 3. The van der Waals surface area contributed by atoms with Gasteiger partial charge in [-0.1, -0.05) is 119 Å². The second kappa shape index (κ2) is 36.7. The van der Waals surface area contributed by atoms with E-state index in [0.29, 0.717) is 50.5 Å². The minimum Gasteiger partial charge on any atom is -0.378 e. The number of hydrogen-bond donors (Lipinski definition) is 3. The molecular weight excluding hydrogens is 1370 g/mol. The topological polar surface area (TPSA) is 279 Å². The molecule has 2 bridgehead atoms. The van der Waals surface area contributed by atoms with Crippen LogP contribution in [0.1, 0.15) is 146 Å². The van der Waals surface area contributed by atoms with E-state index in [1.54, 1.807) is 31.2 Å². The van der Waals surface area contributed by atoms with Gasteiger partial charge in [-0.2, -0.15) is 13.2 Å². The fourth-order valence-electron chi connectivity index (χ4n) is 14.9. The molecule has 12 amide bonds. The Bertz CT molecular complexity index is 3470. The molecule has 25 nitrogen and oxygen atoms in total. The van der Waals surface area contributed by atoms with Crippen LogP contribution in [0, 0.1) is 24.7 Å². The van der Waals surface area contributed by atoms with Gasteiger partial charge in [-0.05, 0) is 112 Å². The van der Waals surface area contributed by atoms with Crippen molar-refractivity contribution in [2.45, 2.75) is 204 Å². The first kappa shape index (κ1) is 83.1. The lowest BCUT2D eigenvalue weighted by Gasteiger charge is -2.42. The third kappa shape index (κ3) is 20.5. The SMILES string of the molecule is CC[C@H](C)[C@@H]1NC(=O)[C@H](CC(C)C)N(C)C(=O)C[C@@H](C(=O)N(C)C)N(C)C(=O)[C@H](C2CCCC2)N(C)C(=O)C2(CCCC2)NC(=O)[C@@H]2CCCN2C(=O)[C@H](CCc2ccc(C(F)(F)F)c(Cl)c2)NC(=O)CN(C)C(=O)[C@H](Cc2ccc(C)cc2)N2CC=CCCOC[C@H](C2=O)N(C)C(=O)CN(C)C1=O. The Kier molecular flexibility index (Phi) is 29.4. The van der Waals surface area contributed by atoms with Crippen LogP contribution < -0.4 is 16.0 Å². The van der Waals surface area contributed by atoms with E-state index in [4.69, 9.17) is 16.3 Å². The Morgan fingerprint density at radius 3 is 1.95 bits per heavy atom. The van der Waals surface area contributed by atoms with Crippen molar-refractivity contribution in [1.82, 2.24) is 60.0 Å². The van der Waals surface area contributed by atoms with Crippen molar-refractivity contribution < 1.29 is 75.4 Å². The van der Waals surface area contributed by atoms with Crippen molar-refractivity contribution in [1.29, 1.82) is 0 Å². The maximum Gasteiger partial charge on any atom is 0.417 e. The summed E-state index contributed by atoms with van der Waals surface area (Å²) in [6.07, 6.45) is 2.73. The number of alkyl halides is 3. The molecule has 3 aliphatic heterocycles. The van der Waals surface area contributed by atoms with Gasteiger partial charge in [-0.15, -0.1) is 0 Å². The van der Waals surface area contributed by atoms with Crippen molar-refractivity contribution >= 4 is 82.5 Å². The van der Waals surface area contributed by atoms with Gasteiger partial charge in [0, 0.05) is 75.9 Å². The normalized spacial score (nSPS) is 25.8. The largest absolute Gasteiger partial charge is 0.417 e. The van der Waals surface area contributed by atoms with E-state index < -0.39 is 173 Å². The standard InChI is InChI=1S/C75H108ClF3N12O13/c1-14-48(5)63-71(101)85(9)44-62(94)87(11)59-45-104-38-21-15-20-36-91(70(59)100)58(41-50-28-26-47(4)27-29-50)69(99)84(8)43-60(92)80-54(33-31-49-30-32-52(53(76)40-49)75(77,78)79)67(97)90-37-22-25-55(90)66(96)82-74(34-18-19-35-74)73(103)89(13)64(51-23-16-17-24-51)72(102)88(12)57(68(98)83(6)7)42-61(93)86(10)56(39-46(2)3)65(95)81-63/h15,20,26-30,32,40,46,48,51,54-59,63-64H,14,16-19,21-25,31,33-39,41-45H2,1-13H3,(H,80,92)(H,81,95)(H,82,96)/t48-,54-,55-,56-,57-,58-,59+,63-,64-/m0/s1. The van der Waals surface area contributed by atoms with Crippen molar-refractivity contribution in [3.63, 3.8) is 0 Å². The molecule has 9 atom stereocenters. The van der Waals surface area contributed by atoms with E-state index in [2.05, 4.69) is 16.0 Å². The number of hydrogen-bond acceptors (Lipinski definition) is 13. The molecule has 0 radical (unpaired) electrons.